The zero-order valence-electron chi connectivity index (χ0n) is 23.7. The van der Waals surface area contributed by atoms with Crippen molar-refractivity contribution >= 4 is 70.2 Å². The van der Waals surface area contributed by atoms with Crippen LogP contribution in [0.15, 0.2) is 161 Å². The van der Waals surface area contributed by atoms with Gasteiger partial charge in [-0.1, -0.05) is 131 Å². The molecule has 0 aliphatic carbocycles. The Bertz CT molecular complexity index is 2510. The fraction of sp³-hybridized carbons (Fsp3) is 0. The SMILES string of the molecule is Brc1cc2ccccc2cc1-c1cccc(-c2c3ccccc3c(-c3ccc4oc5ccccc5c4c3)c3ccccc23)c1. The quantitative estimate of drug-likeness (QED) is 0.178. The summed E-state index contributed by atoms with van der Waals surface area (Å²) in [6.45, 7) is 0. The van der Waals surface area contributed by atoms with Crippen molar-refractivity contribution in [1.82, 2.24) is 0 Å². The highest BCUT2D eigenvalue weighted by atomic mass is 79.9. The summed E-state index contributed by atoms with van der Waals surface area (Å²) in [5, 5.41) is 9.72. The molecule has 0 fully saturated rings. The summed E-state index contributed by atoms with van der Waals surface area (Å²) in [4.78, 5) is 0. The summed E-state index contributed by atoms with van der Waals surface area (Å²) < 4.78 is 7.27. The van der Waals surface area contributed by atoms with Gasteiger partial charge >= 0.3 is 0 Å². The van der Waals surface area contributed by atoms with Crippen LogP contribution in [0.1, 0.15) is 0 Å². The van der Waals surface area contributed by atoms with Crippen molar-refractivity contribution in [3.05, 3.63) is 156 Å². The number of halogens is 1. The van der Waals surface area contributed by atoms with E-state index in [1.54, 1.807) is 0 Å². The fourth-order valence-corrected chi connectivity index (χ4v) is 7.50. The molecule has 206 valence electrons. The average Bonchev–Trinajstić information content (AvgIpc) is 3.45. The van der Waals surface area contributed by atoms with E-state index in [4.69, 9.17) is 4.42 Å². The van der Waals surface area contributed by atoms with Crippen LogP contribution in [0.3, 0.4) is 0 Å². The molecule has 0 amide bonds. The van der Waals surface area contributed by atoms with Crippen molar-refractivity contribution in [2.24, 2.45) is 0 Å². The predicted octanol–water partition coefficient (Wildman–Crippen LogP) is 12.8. The van der Waals surface area contributed by atoms with E-state index in [1.807, 2.05) is 12.1 Å². The molecule has 0 spiro atoms. The van der Waals surface area contributed by atoms with Gasteiger partial charge in [0.25, 0.3) is 0 Å². The Morgan fingerprint density at radius 3 is 1.57 bits per heavy atom. The second-order valence-corrected chi connectivity index (χ2v) is 12.3. The summed E-state index contributed by atoms with van der Waals surface area (Å²) >= 11 is 3.87. The number of para-hydroxylation sites is 1. The van der Waals surface area contributed by atoms with Gasteiger partial charge in [-0.05, 0) is 102 Å². The van der Waals surface area contributed by atoms with Crippen LogP contribution in [-0.4, -0.2) is 0 Å². The number of rotatable bonds is 3. The fourth-order valence-electron chi connectivity index (χ4n) is 6.91. The smallest absolute Gasteiger partial charge is 0.135 e. The van der Waals surface area contributed by atoms with Crippen LogP contribution >= 0.6 is 15.9 Å². The van der Waals surface area contributed by atoms with E-state index in [0.717, 1.165) is 26.4 Å². The van der Waals surface area contributed by atoms with E-state index in [-0.39, 0.29) is 0 Å². The maximum Gasteiger partial charge on any atom is 0.135 e. The van der Waals surface area contributed by atoms with Crippen LogP contribution in [0.4, 0.5) is 0 Å². The largest absolute Gasteiger partial charge is 0.456 e. The average molecular weight is 626 g/mol. The third kappa shape index (κ3) is 3.92. The molecule has 0 atom stereocenters. The van der Waals surface area contributed by atoms with Gasteiger partial charge in [-0.25, -0.2) is 0 Å². The highest BCUT2D eigenvalue weighted by molar-refractivity contribution is 9.10. The zero-order valence-corrected chi connectivity index (χ0v) is 25.3. The minimum atomic E-state index is 0.914. The van der Waals surface area contributed by atoms with Gasteiger partial charge in [0.2, 0.25) is 0 Å². The standard InChI is InChI=1S/C42H25BrO/c43-38-25-27-11-2-1-10-26(27)23-36(38)28-12-9-13-29(22-28)41-32-15-3-5-17-34(32)42(35-18-6-4-16-33(35)41)30-20-21-40-37(24-30)31-14-7-8-19-39(31)44-40/h1-25H. The van der Waals surface area contributed by atoms with Crippen molar-refractivity contribution in [2.75, 3.05) is 0 Å². The van der Waals surface area contributed by atoms with Gasteiger partial charge in [-0.15, -0.1) is 0 Å². The number of benzene rings is 8. The van der Waals surface area contributed by atoms with Crippen molar-refractivity contribution in [3.63, 3.8) is 0 Å². The first-order valence-electron chi connectivity index (χ1n) is 14.9. The lowest BCUT2D eigenvalue weighted by Crippen LogP contribution is -1.91. The Labute approximate surface area is 263 Å². The summed E-state index contributed by atoms with van der Waals surface area (Å²) in [7, 11) is 0. The van der Waals surface area contributed by atoms with Gasteiger partial charge in [-0.2, -0.15) is 0 Å². The molecule has 0 N–H and O–H groups in total. The summed E-state index contributed by atoms with van der Waals surface area (Å²) in [6.07, 6.45) is 0. The van der Waals surface area contributed by atoms with Crippen LogP contribution < -0.4 is 0 Å². The normalized spacial score (nSPS) is 11.8. The number of hydrogen-bond donors (Lipinski definition) is 0. The van der Waals surface area contributed by atoms with Gasteiger partial charge in [0.1, 0.15) is 11.2 Å². The monoisotopic (exact) mass is 624 g/mol. The molecule has 0 unspecified atom stereocenters. The minimum Gasteiger partial charge on any atom is -0.456 e. The van der Waals surface area contributed by atoms with Crippen molar-refractivity contribution in [3.8, 4) is 33.4 Å². The molecule has 0 aliphatic rings. The molecule has 1 aromatic heterocycles. The second kappa shape index (κ2) is 9.94. The Balaban J connectivity index is 1.31. The highest BCUT2D eigenvalue weighted by Gasteiger charge is 2.18. The van der Waals surface area contributed by atoms with Crippen LogP contribution in [0.2, 0.25) is 0 Å². The number of fused-ring (bicyclic) bond motifs is 6. The van der Waals surface area contributed by atoms with Crippen LogP contribution in [-0.2, 0) is 0 Å². The summed E-state index contributed by atoms with van der Waals surface area (Å²) in [6, 6.07) is 54.6. The maximum absolute atomic E-state index is 6.17. The second-order valence-electron chi connectivity index (χ2n) is 11.4. The molecule has 44 heavy (non-hydrogen) atoms. The van der Waals surface area contributed by atoms with Crippen LogP contribution in [0, 0.1) is 0 Å². The van der Waals surface area contributed by atoms with E-state index < -0.39 is 0 Å². The first kappa shape index (κ1) is 25.3. The molecule has 0 saturated carbocycles. The Morgan fingerprint density at radius 1 is 0.364 bits per heavy atom. The van der Waals surface area contributed by atoms with Crippen LogP contribution in [0.5, 0.6) is 0 Å². The molecule has 0 aliphatic heterocycles. The lowest BCUT2D eigenvalue weighted by atomic mass is 9.85. The first-order valence-corrected chi connectivity index (χ1v) is 15.7. The summed E-state index contributed by atoms with van der Waals surface area (Å²) in [5.74, 6) is 0. The molecule has 1 nitrogen and oxygen atoms in total. The van der Waals surface area contributed by atoms with Gasteiger partial charge < -0.3 is 4.42 Å². The van der Waals surface area contributed by atoms with Gasteiger partial charge in [0.15, 0.2) is 0 Å². The van der Waals surface area contributed by atoms with E-state index in [9.17, 15) is 0 Å². The molecule has 2 heteroatoms. The molecule has 8 aromatic carbocycles. The number of hydrogen-bond acceptors (Lipinski definition) is 1. The van der Waals surface area contributed by atoms with Crippen molar-refractivity contribution < 1.29 is 4.42 Å². The Hall–Kier alpha value is -5.18. The topological polar surface area (TPSA) is 13.1 Å². The Kier molecular flexibility index (Phi) is 5.72. The molecular weight excluding hydrogens is 600 g/mol. The molecule has 9 rings (SSSR count). The van der Waals surface area contributed by atoms with Gasteiger partial charge in [0.05, 0.1) is 0 Å². The minimum absolute atomic E-state index is 0.914. The van der Waals surface area contributed by atoms with Gasteiger partial charge in [0, 0.05) is 15.2 Å². The maximum atomic E-state index is 6.17. The molecule has 0 saturated heterocycles. The van der Waals surface area contributed by atoms with Crippen molar-refractivity contribution in [1.29, 1.82) is 0 Å². The molecule has 0 radical (unpaired) electrons. The Morgan fingerprint density at radius 2 is 0.886 bits per heavy atom. The van der Waals surface area contributed by atoms with E-state index in [0.29, 0.717) is 0 Å². The lowest BCUT2D eigenvalue weighted by molar-refractivity contribution is 0.669. The molecule has 0 bridgehead atoms. The van der Waals surface area contributed by atoms with Crippen LogP contribution in [0.25, 0.3) is 87.6 Å². The zero-order chi connectivity index (χ0) is 29.2. The molecule has 1 heterocycles. The first-order chi connectivity index (χ1) is 21.7. The third-order valence-electron chi connectivity index (χ3n) is 8.89. The molecule has 9 aromatic rings. The van der Waals surface area contributed by atoms with E-state index in [1.165, 1.54) is 65.7 Å². The lowest BCUT2D eigenvalue weighted by Gasteiger charge is -2.18. The highest BCUT2D eigenvalue weighted by Crippen LogP contribution is 2.45. The van der Waals surface area contributed by atoms with E-state index >= 15 is 0 Å². The summed E-state index contributed by atoms with van der Waals surface area (Å²) in [5.41, 5.74) is 9.12. The third-order valence-corrected chi connectivity index (χ3v) is 9.55. The van der Waals surface area contributed by atoms with Gasteiger partial charge in [-0.3, -0.25) is 0 Å². The van der Waals surface area contributed by atoms with E-state index in [2.05, 4.69) is 155 Å². The van der Waals surface area contributed by atoms with Crippen molar-refractivity contribution in [2.45, 2.75) is 0 Å². The predicted molar refractivity (Wildman–Crippen MR) is 190 cm³/mol. The molecular formula is C42H25BrO. The number of furan rings is 1.